The minimum atomic E-state index is -0.440. The van der Waals surface area contributed by atoms with E-state index >= 15 is 0 Å². The fourth-order valence-electron chi connectivity index (χ4n) is 2.46. The fraction of sp³-hybridized carbons (Fsp3) is 0.529. The molecule has 0 fully saturated rings. The van der Waals surface area contributed by atoms with E-state index in [1.54, 1.807) is 11.0 Å². The van der Waals surface area contributed by atoms with Crippen molar-refractivity contribution >= 4 is 17.5 Å². The van der Waals surface area contributed by atoms with Crippen molar-refractivity contribution in [2.75, 3.05) is 11.4 Å². The maximum Gasteiger partial charge on any atom is 0.254 e. The van der Waals surface area contributed by atoms with E-state index in [0.29, 0.717) is 18.5 Å². The average Bonchev–Trinajstić information content (AvgIpc) is 2.52. The van der Waals surface area contributed by atoms with Crippen molar-refractivity contribution in [3.05, 3.63) is 29.8 Å². The summed E-state index contributed by atoms with van der Waals surface area (Å²) in [5.41, 5.74) is 1.44. The lowest BCUT2D eigenvalue weighted by atomic mass is 9.92. The Labute approximate surface area is 126 Å². The van der Waals surface area contributed by atoms with Crippen LogP contribution in [0.2, 0.25) is 0 Å². The highest BCUT2D eigenvalue weighted by molar-refractivity contribution is 6.10. The Hall–Kier alpha value is -1.84. The van der Waals surface area contributed by atoms with Gasteiger partial charge in [-0.05, 0) is 30.4 Å². The number of amides is 2. The van der Waals surface area contributed by atoms with Crippen LogP contribution in [0.5, 0.6) is 0 Å². The van der Waals surface area contributed by atoms with Gasteiger partial charge in [0.15, 0.2) is 0 Å². The highest BCUT2D eigenvalue weighted by atomic mass is 16.2. The van der Waals surface area contributed by atoms with Crippen molar-refractivity contribution in [1.82, 2.24) is 5.32 Å². The summed E-state index contributed by atoms with van der Waals surface area (Å²) in [6, 6.07) is 6.89. The predicted molar refractivity (Wildman–Crippen MR) is 84.4 cm³/mol. The zero-order chi connectivity index (χ0) is 15.6. The Kier molecular flexibility index (Phi) is 4.35. The third-order valence-corrected chi connectivity index (χ3v) is 3.80. The van der Waals surface area contributed by atoms with Crippen LogP contribution in [0.3, 0.4) is 0 Å². The number of carbonyl (C=O) groups is 2. The van der Waals surface area contributed by atoms with Gasteiger partial charge in [-0.3, -0.25) is 9.59 Å². The molecule has 2 amide bonds. The van der Waals surface area contributed by atoms with Crippen LogP contribution in [0.25, 0.3) is 0 Å². The van der Waals surface area contributed by atoms with Crippen molar-refractivity contribution in [3.8, 4) is 0 Å². The van der Waals surface area contributed by atoms with Gasteiger partial charge in [-0.15, -0.1) is 0 Å². The lowest BCUT2D eigenvalue weighted by molar-refractivity contribution is -0.120. The van der Waals surface area contributed by atoms with E-state index in [1.165, 1.54) is 0 Å². The van der Waals surface area contributed by atoms with Crippen LogP contribution in [0, 0.1) is 5.41 Å². The molecule has 0 aromatic heterocycles. The highest BCUT2D eigenvalue weighted by Crippen LogP contribution is 2.27. The maximum atomic E-state index is 12.7. The van der Waals surface area contributed by atoms with Crippen LogP contribution in [0.15, 0.2) is 24.3 Å². The van der Waals surface area contributed by atoms with Crippen LogP contribution in [0.4, 0.5) is 5.69 Å². The van der Waals surface area contributed by atoms with Crippen LogP contribution < -0.4 is 10.2 Å². The molecule has 0 spiro atoms. The van der Waals surface area contributed by atoms with E-state index in [1.807, 2.05) is 25.1 Å². The summed E-state index contributed by atoms with van der Waals surface area (Å²) < 4.78 is 0. The molecule has 1 aliphatic rings. The normalized spacial score (nSPS) is 19.0. The summed E-state index contributed by atoms with van der Waals surface area (Å²) in [4.78, 5) is 26.8. The maximum absolute atomic E-state index is 12.7. The van der Waals surface area contributed by atoms with E-state index in [2.05, 4.69) is 26.1 Å². The second kappa shape index (κ2) is 5.88. The molecule has 4 heteroatoms. The molecule has 114 valence electrons. The standard InChI is InChI=1S/C17H24N2O2/c1-5-13-16(21)19(11-10-17(2,3)4)14-9-7-6-8-12(14)15(20)18-13/h6-9,13H,5,10-11H2,1-4H3,(H,18,20). The highest BCUT2D eigenvalue weighted by Gasteiger charge is 2.32. The number of rotatable bonds is 3. The molecular weight excluding hydrogens is 264 g/mol. The summed E-state index contributed by atoms with van der Waals surface area (Å²) in [5.74, 6) is -0.177. The second-order valence-corrected chi connectivity index (χ2v) is 6.75. The number of hydrogen-bond donors (Lipinski definition) is 1. The molecule has 0 aliphatic carbocycles. The largest absolute Gasteiger partial charge is 0.340 e. The number of para-hydroxylation sites is 1. The first-order valence-corrected chi connectivity index (χ1v) is 7.55. The number of carbonyl (C=O) groups excluding carboxylic acids is 2. The van der Waals surface area contributed by atoms with Gasteiger partial charge in [-0.25, -0.2) is 0 Å². The Morgan fingerprint density at radius 2 is 1.86 bits per heavy atom. The van der Waals surface area contributed by atoms with Crippen LogP contribution in [-0.4, -0.2) is 24.4 Å². The van der Waals surface area contributed by atoms with Gasteiger partial charge in [-0.1, -0.05) is 39.8 Å². The summed E-state index contributed by atoms with van der Waals surface area (Å²) in [5, 5.41) is 2.83. The van der Waals surface area contributed by atoms with E-state index in [0.717, 1.165) is 12.1 Å². The molecule has 21 heavy (non-hydrogen) atoms. The molecule has 1 unspecified atom stereocenters. The Bertz CT molecular complexity index is 546. The summed E-state index contributed by atoms with van der Waals surface area (Å²) in [6.07, 6.45) is 1.49. The third-order valence-electron chi connectivity index (χ3n) is 3.80. The van der Waals surface area contributed by atoms with Gasteiger partial charge < -0.3 is 10.2 Å². The van der Waals surface area contributed by atoms with Gasteiger partial charge in [0.2, 0.25) is 5.91 Å². The van der Waals surface area contributed by atoms with Crippen LogP contribution in [-0.2, 0) is 4.79 Å². The van der Waals surface area contributed by atoms with Gasteiger partial charge in [-0.2, -0.15) is 0 Å². The zero-order valence-electron chi connectivity index (χ0n) is 13.3. The van der Waals surface area contributed by atoms with Gasteiger partial charge >= 0.3 is 0 Å². The topological polar surface area (TPSA) is 49.4 Å². The van der Waals surface area contributed by atoms with Crippen molar-refractivity contribution in [2.45, 2.75) is 46.6 Å². The number of benzene rings is 1. The van der Waals surface area contributed by atoms with E-state index in [9.17, 15) is 9.59 Å². The zero-order valence-corrected chi connectivity index (χ0v) is 13.3. The number of anilines is 1. The molecule has 0 radical (unpaired) electrons. The molecule has 0 saturated heterocycles. The van der Waals surface area contributed by atoms with Crippen molar-refractivity contribution in [3.63, 3.8) is 0 Å². The molecule has 4 nitrogen and oxygen atoms in total. The van der Waals surface area contributed by atoms with Gasteiger partial charge in [0.05, 0.1) is 11.3 Å². The Balaban J connectivity index is 2.39. The Morgan fingerprint density at radius 1 is 1.19 bits per heavy atom. The molecule has 2 rings (SSSR count). The minimum Gasteiger partial charge on any atom is -0.340 e. The lowest BCUT2D eigenvalue weighted by Gasteiger charge is -2.28. The molecule has 0 saturated carbocycles. The first-order valence-electron chi connectivity index (χ1n) is 7.55. The van der Waals surface area contributed by atoms with Crippen LogP contribution in [0.1, 0.15) is 50.9 Å². The minimum absolute atomic E-state index is 0.0138. The molecule has 1 aromatic rings. The van der Waals surface area contributed by atoms with E-state index in [4.69, 9.17) is 0 Å². The van der Waals surface area contributed by atoms with E-state index < -0.39 is 6.04 Å². The molecule has 1 heterocycles. The molecule has 1 N–H and O–H groups in total. The first kappa shape index (κ1) is 15.5. The number of nitrogens with zero attached hydrogens (tertiary/aromatic N) is 1. The number of hydrogen-bond acceptors (Lipinski definition) is 2. The molecule has 1 aliphatic heterocycles. The summed E-state index contributed by atoms with van der Waals surface area (Å²) in [7, 11) is 0. The first-order chi connectivity index (χ1) is 9.83. The lowest BCUT2D eigenvalue weighted by Crippen LogP contribution is -2.46. The summed E-state index contributed by atoms with van der Waals surface area (Å²) in [6.45, 7) is 9.01. The SMILES string of the molecule is CCC1NC(=O)c2ccccc2N(CCC(C)(C)C)C1=O. The Morgan fingerprint density at radius 3 is 2.48 bits per heavy atom. The van der Waals surface area contributed by atoms with Gasteiger partial charge in [0.25, 0.3) is 5.91 Å². The predicted octanol–water partition coefficient (Wildman–Crippen LogP) is 2.98. The molecule has 0 bridgehead atoms. The monoisotopic (exact) mass is 288 g/mol. The van der Waals surface area contributed by atoms with Gasteiger partial charge in [0.1, 0.15) is 6.04 Å². The van der Waals surface area contributed by atoms with Crippen molar-refractivity contribution in [2.24, 2.45) is 5.41 Å². The van der Waals surface area contributed by atoms with Gasteiger partial charge in [0, 0.05) is 6.54 Å². The molecule has 1 aromatic carbocycles. The second-order valence-electron chi connectivity index (χ2n) is 6.75. The quantitative estimate of drug-likeness (QED) is 0.929. The fourth-order valence-corrected chi connectivity index (χ4v) is 2.46. The average molecular weight is 288 g/mol. The van der Waals surface area contributed by atoms with Crippen molar-refractivity contribution < 1.29 is 9.59 Å². The molecule has 1 atom stereocenters. The smallest absolute Gasteiger partial charge is 0.254 e. The van der Waals surface area contributed by atoms with E-state index in [-0.39, 0.29) is 17.2 Å². The number of fused-ring (bicyclic) bond motifs is 1. The third kappa shape index (κ3) is 3.43. The number of nitrogens with one attached hydrogen (secondary N) is 1. The van der Waals surface area contributed by atoms with Crippen LogP contribution >= 0.6 is 0 Å². The molecular formula is C17H24N2O2. The van der Waals surface area contributed by atoms with Crippen molar-refractivity contribution in [1.29, 1.82) is 0 Å². The summed E-state index contributed by atoms with van der Waals surface area (Å²) >= 11 is 0.